The van der Waals surface area contributed by atoms with Crippen LogP contribution in [0.5, 0.6) is 0 Å². The molecule has 0 saturated carbocycles. The Morgan fingerprint density at radius 2 is 1.90 bits per heavy atom. The highest BCUT2D eigenvalue weighted by molar-refractivity contribution is 7.17. The van der Waals surface area contributed by atoms with E-state index in [1.165, 1.54) is 11.3 Å². The molecule has 9 nitrogen and oxygen atoms in total. The number of thiophene rings is 1. The van der Waals surface area contributed by atoms with Crippen LogP contribution in [0.2, 0.25) is 0 Å². The van der Waals surface area contributed by atoms with Gasteiger partial charge in [-0.3, -0.25) is 9.78 Å². The monoisotopic (exact) mass is 426 g/mol. The summed E-state index contributed by atoms with van der Waals surface area (Å²) in [5, 5.41) is 2.39. The molecule has 0 spiro atoms. The lowest BCUT2D eigenvalue weighted by Gasteiger charge is -2.35. The lowest BCUT2D eigenvalue weighted by Crippen LogP contribution is -2.49. The van der Waals surface area contributed by atoms with Crippen LogP contribution >= 0.6 is 11.3 Å². The summed E-state index contributed by atoms with van der Waals surface area (Å²) in [5.74, 6) is 0.453. The molecule has 1 fully saturated rings. The van der Waals surface area contributed by atoms with E-state index in [4.69, 9.17) is 10.5 Å². The van der Waals surface area contributed by atoms with Crippen LogP contribution in [0.4, 0.5) is 11.8 Å². The maximum atomic E-state index is 12.6. The number of piperazine rings is 1. The molecule has 0 unspecified atom stereocenters. The van der Waals surface area contributed by atoms with Crippen molar-refractivity contribution in [3.05, 3.63) is 41.0 Å². The van der Waals surface area contributed by atoms with Crippen LogP contribution in [0.25, 0.3) is 10.2 Å². The number of pyridine rings is 1. The predicted molar refractivity (Wildman–Crippen MR) is 115 cm³/mol. The number of rotatable bonds is 5. The van der Waals surface area contributed by atoms with Gasteiger partial charge in [-0.1, -0.05) is 0 Å². The van der Waals surface area contributed by atoms with E-state index >= 15 is 0 Å². The molecular weight excluding hydrogens is 404 g/mol. The number of ether oxygens (including phenoxy) is 1. The Morgan fingerprint density at radius 1 is 1.17 bits per heavy atom. The molecule has 1 amide bonds. The predicted octanol–water partition coefficient (Wildman–Crippen LogP) is 1.74. The number of hydrogen-bond donors (Lipinski definition) is 1. The Labute approximate surface area is 177 Å². The number of nitrogens with two attached hydrogens (primary N) is 1. The average molecular weight is 427 g/mol. The number of fused-ring (bicyclic) bond motifs is 1. The summed E-state index contributed by atoms with van der Waals surface area (Å²) in [6, 6.07) is 3.70. The molecule has 10 heteroatoms. The van der Waals surface area contributed by atoms with Gasteiger partial charge in [0.25, 0.3) is 0 Å². The van der Waals surface area contributed by atoms with Gasteiger partial charge in [0.15, 0.2) is 0 Å². The Balaban J connectivity index is 1.52. The van der Waals surface area contributed by atoms with Crippen LogP contribution in [0, 0.1) is 0 Å². The van der Waals surface area contributed by atoms with Gasteiger partial charge in [-0.2, -0.15) is 4.98 Å². The number of anilines is 2. The third-order valence-corrected chi connectivity index (χ3v) is 5.84. The van der Waals surface area contributed by atoms with E-state index in [9.17, 15) is 9.59 Å². The van der Waals surface area contributed by atoms with Crippen molar-refractivity contribution in [3.63, 3.8) is 0 Å². The summed E-state index contributed by atoms with van der Waals surface area (Å²) in [6.07, 6.45) is 3.73. The quantitative estimate of drug-likeness (QED) is 0.614. The molecule has 0 atom stereocenters. The van der Waals surface area contributed by atoms with Crippen molar-refractivity contribution in [2.75, 3.05) is 43.4 Å². The third kappa shape index (κ3) is 4.04. The lowest BCUT2D eigenvalue weighted by atomic mass is 10.1. The Kier molecular flexibility index (Phi) is 5.75. The number of carbonyl (C=O) groups excluding carboxylic acids is 2. The lowest BCUT2D eigenvalue weighted by molar-refractivity contribution is -0.130. The molecule has 3 aromatic rings. The van der Waals surface area contributed by atoms with Crippen molar-refractivity contribution in [2.45, 2.75) is 13.3 Å². The number of esters is 1. The van der Waals surface area contributed by atoms with Crippen molar-refractivity contribution in [3.8, 4) is 0 Å². The van der Waals surface area contributed by atoms with Crippen molar-refractivity contribution in [1.82, 2.24) is 19.9 Å². The van der Waals surface area contributed by atoms with Crippen LogP contribution in [0.1, 0.15) is 22.8 Å². The summed E-state index contributed by atoms with van der Waals surface area (Å²) in [5.41, 5.74) is 7.30. The fraction of sp³-hybridized carbons (Fsp3) is 0.350. The van der Waals surface area contributed by atoms with E-state index in [1.54, 1.807) is 24.7 Å². The van der Waals surface area contributed by atoms with E-state index in [1.807, 2.05) is 21.9 Å². The third-order valence-electron chi connectivity index (χ3n) is 4.96. The smallest absolute Gasteiger partial charge is 0.339 e. The van der Waals surface area contributed by atoms with Gasteiger partial charge in [-0.25, -0.2) is 9.78 Å². The molecule has 1 aliphatic heterocycles. The van der Waals surface area contributed by atoms with Gasteiger partial charge in [-0.15, -0.1) is 11.3 Å². The van der Waals surface area contributed by atoms with Crippen molar-refractivity contribution in [2.24, 2.45) is 0 Å². The van der Waals surface area contributed by atoms with Crippen LogP contribution in [-0.2, 0) is 16.0 Å². The van der Waals surface area contributed by atoms with Gasteiger partial charge in [0, 0.05) is 44.0 Å². The van der Waals surface area contributed by atoms with E-state index in [0.29, 0.717) is 60.8 Å². The summed E-state index contributed by atoms with van der Waals surface area (Å²) in [7, 11) is 0. The first-order valence-corrected chi connectivity index (χ1v) is 10.6. The molecule has 4 heterocycles. The zero-order valence-electron chi connectivity index (χ0n) is 16.6. The highest BCUT2D eigenvalue weighted by atomic mass is 32.1. The molecule has 2 N–H and O–H groups in total. The number of nitrogen functional groups attached to an aromatic ring is 1. The Bertz CT molecular complexity index is 1060. The summed E-state index contributed by atoms with van der Waals surface area (Å²) in [4.78, 5) is 42.2. The minimum absolute atomic E-state index is 0.0796. The summed E-state index contributed by atoms with van der Waals surface area (Å²) >= 11 is 1.34. The van der Waals surface area contributed by atoms with Gasteiger partial charge in [0.2, 0.25) is 11.9 Å². The van der Waals surface area contributed by atoms with Gasteiger partial charge < -0.3 is 20.3 Å². The van der Waals surface area contributed by atoms with Crippen LogP contribution in [0.3, 0.4) is 0 Å². The Morgan fingerprint density at radius 3 is 2.60 bits per heavy atom. The van der Waals surface area contributed by atoms with Crippen LogP contribution < -0.4 is 10.6 Å². The van der Waals surface area contributed by atoms with Crippen molar-refractivity contribution < 1.29 is 14.3 Å². The first-order chi connectivity index (χ1) is 14.6. The fourth-order valence-corrected chi connectivity index (χ4v) is 4.39. The second-order valence-electron chi connectivity index (χ2n) is 6.86. The van der Waals surface area contributed by atoms with E-state index in [2.05, 4.69) is 15.0 Å². The van der Waals surface area contributed by atoms with E-state index in [0.717, 1.165) is 5.56 Å². The van der Waals surface area contributed by atoms with Crippen molar-refractivity contribution >= 4 is 45.2 Å². The molecular formula is C20H22N6O3S. The Hall–Kier alpha value is -3.27. The average Bonchev–Trinajstić information content (AvgIpc) is 3.18. The molecule has 0 radical (unpaired) electrons. The minimum atomic E-state index is -0.399. The highest BCUT2D eigenvalue weighted by Crippen LogP contribution is 2.33. The molecule has 1 aliphatic rings. The highest BCUT2D eigenvalue weighted by Gasteiger charge is 2.27. The molecule has 0 aliphatic carbocycles. The SMILES string of the molecule is CCOC(=O)c1csc2nc(N)nc(N3CCN(C(=O)Cc4ccncc4)CC3)c12. The molecule has 4 rings (SSSR count). The van der Waals surface area contributed by atoms with Gasteiger partial charge in [0.05, 0.1) is 24.0 Å². The second kappa shape index (κ2) is 8.62. The van der Waals surface area contributed by atoms with Gasteiger partial charge >= 0.3 is 5.97 Å². The van der Waals surface area contributed by atoms with Crippen LogP contribution in [0.15, 0.2) is 29.9 Å². The van der Waals surface area contributed by atoms with E-state index < -0.39 is 5.97 Å². The first kappa shape index (κ1) is 20.0. The van der Waals surface area contributed by atoms with Crippen LogP contribution in [-0.4, -0.2) is 64.5 Å². The zero-order chi connectivity index (χ0) is 21.1. The van der Waals surface area contributed by atoms with E-state index in [-0.39, 0.29) is 11.9 Å². The topological polar surface area (TPSA) is 115 Å². The van der Waals surface area contributed by atoms with Crippen molar-refractivity contribution in [1.29, 1.82) is 0 Å². The first-order valence-electron chi connectivity index (χ1n) is 9.70. The standard InChI is InChI=1S/C20H22N6O3S/c1-2-29-19(28)14-12-30-18-16(14)17(23-20(21)24-18)26-9-7-25(8-10-26)15(27)11-13-3-5-22-6-4-13/h3-6,12H,2,7-11H2,1H3,(H2,21,23,24). The summed E-state index contributed by atoms with van der Waals surface area (Å²) in [6.45, 7) is 4.36. The fourth-order valence-electron chi connectivity index (χ4n) is 3.48. The van der Waals surface area contributed by atoms with Gasteiger partial charge in [0.1, 0.15) is 10.6 Å². The maximum absolute atomic E-state index is 12.6. The van der Waals surface area contributed by atoms with Gasteiger partial charge in [-0.05, 0) is 24.6 Å². The largest absolute Gasteiger partial charge is 0.462 e. The second-order valence-corrected chi connectivity index (χ2v) is 7.71. The molecule has 3 aromatic heterocycles. The number of nitrogens with zero attached hydrogens (tertiary/aromatic N) is 5. The molecule has 0 aromatic carbocycles. The minimum Gasteiger partial charge on any atom is -0.462 e. The molecule has 30 heavy (non-hydrogen) atoms. The zero-order valence-corrected chi connectivity index (χ0v) is 17.4. The summed E-state index contributed by atoms with van der Waals surface area (Å²) < 4.78 is 5.18. The molecule has 156 valence electrons. The maximum Gasteiger partial charge on any atom is 0.339 e. The number of hydrogen-bond acceptors (Lipinski definition) is 9. The molecule has 1 saturated heterocycles. The number of carbonyl (C=O) groups is 2. The number of amides is 1. The number of aromatic nitrogens is 3. The molecule has 0 bridgehead atoms. The normalized spacial score (nSPS) is 14.2.